The topological polar surface area (TPSA) is 67.1 Å². The molecule has 0 aliphatic carbocycles. The van der Waals surface area contributed by atoms with Crippen molar-refractivity contribution in [3.63, 3.8) is 0 Å². The summed E-state index contributed by atoms with van der Waals surface area (Å²) in [4.78, 5) is 10.2. The van der Waals surface area contributed by atoms with Crippen LogP contribution in [0.3, 0.4) is 0 Å². The fourth-order valence-corrected chi connectivity index (χ4v) is 2.70. The number of rotatable bonds is 4. The van der Waals surface area contributed by atoms with Gasteiger partial charge in [-0.15, -0.1) is 0 Å². The van der Waals surface area contributed by atoms with Crippen molar-refractivity contribution in [3.8, 4) is 0 Å². The molecular weight excluding hydrogens is 283 g/mol. The van der Waals surface area contributed by atoms with Crippen molar-refractivity contribution < 1.29 is 13.2 Å². The van der Waals surface area contributed by atoms with E-state index in [0.29, 0.717) is 24.7 Å². The van der Waals surface area contributed by atoms with E-state index in [-0.39, 0.29) is 12.8 Å². The van der Waals surface area contributed by atoms with Crippen molar-refractivity contribution in [2.45, 2.75) is 38.8 Å². The number of hydrogen-bond acceptors (Lipinski definition) is 5. The monoisotopic (exact) mass is 303 g/mol. The van der Waals surface area contributed by atoms with E-state index in [4.69, 9.17) is 5.84 Å². The highest BCUT2D eigenvalue weighted by Crippen LogP contribution is 2.36. The smallest absolute Gasteiger partial charge is 0.356 e. The number of alkyl halides is 3. The van der Waals surface area contributed by atoms with Gasteiger partial charge in [0.2, 0.25) is 0 Å². The maximum Gasteiger partial charge on any atom is 0.391 e. The minimum absolute atomic E-state index is 0.102. The summed E-state index contributed by atoms with van der Waals surface area (Å²) >= 11 is 0. The summed E-state index contributed by atoms with van der Waals surface area (Å²) in [6.07, 6.45) is -0.897. The maximum atomic E-state index is 12.7. The lowest BCUT2D eigenvalue weighted by Gasteiger charge is -2.34. The minimum Gasteiger partial charge on any atom is -0.356 e. The van der Waals surface area contributed by atoms with E-state index in [1.54, 1.807) is 0 Å². The van der Waals surface area contributed by atoms with Crippen LogP contribution in [0.2, 0.25) is 0 Å². The third kappa shape index (κ3) is 3.55. The maximum absolute atomic E-state index is 12.7. The average Bonchev–Trinajstić information content (AvgIpc) is 2.47. The van der Waals surface area contributed by atoms with Gasteiger partial charge in [-0.05, 0) is 19.3 Å². The second-order valence-electron chi connectivity index (χ2n) is 5.22. The molecule has 0 atom stereocenters. The summed E-state index contributed by atoms with van der Waals surface area (Å²) in [6, 6.07) is 0. The highest BCUT2D eigenvalue weighted by atomic mass is 19.4. The van der Waals surface area contributed by atoms with Crippen LogP contribution in [0.25, 0.3) is 0 Å². The fraction of sp³-hybridized carbons (Fsp3) is 0.692. The highest BCUT2D eigenvalue weighted by molar-refractivity contribution is 5.58. The van der Waals surface area contributed by atoms with E-state index < -0.39 is 12.1 Å². The van der Waals surface area contributed by atoms with E-state index in [0.717, 1.165) is 18.4 Å². The Morgan fingerprint density at radius 3 is 2.52 bits per heavy atom. The first-order chi connectivity index (χ1) is 9.97. The van der Waals surface area contributed by atoms with E-state index in [1.165, 1.54) is 6.33 Å². The molecular formula is C13H20F3N5. The summed E-state index contributed by atoms with van der Waals surface area (Å²) in [5.74, 6) is 5.48. The molecule has 0 bridgehead atoms. The van der Waals surface area contributed by atoms with Crippen molar-refractivity contribution in [2.24, 2.45) is 11.8 Å². The molecule has 0 aromatic carbocycles. The van der Waals surface area contributed by atoms with Gasteiger partial charge in [0.05, 0.1) is 5.92 Å². The lowest BCUT2D eigenvalue weighted by molar-refractivity contribution is -0.179. The van der Waals surface area contributed by atoms with E-state index in [2.05, 4.69) is 15.4 Å². The average molecular weight is 303 g/mol. The van der Waals surface area contributed by atoms with Gasteiger partial charge in [-0.2, -0.15) is 13.2 Å². The molecule has 1 aromatic heterocycles. The SMILES string of the molecule is CCCc1c(NN)ncnc1N1CCC(C(F)(F)F)CC1. The minimum atomic E-state index is -4.10. The Hall–Kier alpha value is -1.57. The van der Waals surface area contributed by atoms with Gasteiger partial charge in [0.25, 0.3) is 0 Å². The summed E-state index contributed by atoms with van der Waals surface area (Å²) in [5.41, 5.74) is 3.40. The molecule has 2 rings (SSSR count). The van der Waals surface area contributed by atoms with Gasteiger partial charge >= 0.3 is 6.18 Å². The molecule has 1 fully saturated rings. The first-order valence-corrected chi connectivity index (χ1v) is 7.09. The number of piperidine rings is 1. The normalized spacial score (nSPS) is 17.1. The predicted octanol–water partition coefficient (Wildman–Crippen LogP) is 2.49. The van der Waals surface area contributed by atoms with Crippen molar-refractivity contribution in [1.82, 2.24) is 9.97 Å². The number of nitrogen functional groups attached to an aromatic ring is 1. The van der Waals surface area contributed by atoms with Crippen molar-refractivity contribution in [3.05, 3.63) is 11.9 Å². The van der Waals surface area contributed by atoms with Gasteiger partial charge in [0.1, 0.15) is 18.0 Å². The fourth-order valence-electron chi connectivity index (χ4n) is 2.70. The van der Waals surface area contributed by atoms with Crippen LogP contribution in [-0.2, 0) is 6.42 Å². The lowest BCUT2D eigenvalue weighted by atomic mass is 9.96. The standard InChI is InChI=1S/C13H20F3N5/c1-2-3-10-11(20-17)18-8-19-12(10)21-6-4-9(5-7-21)13(14,15)16/h8-9H,2-7,17H2,1H3,(H,18,19,20). The molecule has 8 heteroatoms. The van der Waals surface area contributed by atoms with E-state index in [1.807, 2.05) is 11.8 Å². The van der Waals surface area contributed by atoms with Crippen molar-refractivity contribution in [1.29, 1.82) is 0 Å². The Morgan fingerprint density at radius 2 is 2.00 bits per heavy atom. The second kappa shape index (κ2) is 6.46. The van der Waals surface area contributed by atoms with Gasteiger partial charge in [-0.1, -0.05) is 13.3 Å². The van der Waals surface area contributed by atoms with Gasteiger partial charge in [0, 0.05) is 18.7 Å². The molecule has 21 heavy (non-hydrogen) atoms. The zero-order valence-corrected chi connectivity index (χ0v) is 12.0. The lowest BCUT2D eigenvalue weighted by Crippen LogP contribution is -2.40. The Kier molecular flexibility index (Phi) is 4.87. The molecule has 0 spiro atoms. The van der Waals surface area contributed by atoms with Crippen LogP contribution in [0.5, 0.6) is 0 Å². The van der Waals surface area contributed by atoms with Crippen LogP contribution in [0, 0.1) is 5.92 Å². The number of hydrogen-bond donors (Lipinski definition) is 2. The molecule has 1 saturated heterocycles. The van der Waals surface area contributed by atoms with E-state index >= 15 is 0 Å². The summed E-state index contributed by atoms with van der Waals surface area (Å²) in [7, 11) is 0. The molecule has 1 aliphatic heterocycles. The third-order valence-electron chi connectivity index (χ3n) is 3.82. The molecule has 5 nitrogen and oxygen atoms in total. The third-order valence-corrected chi connectivity index (χ3v) is 3.82. The van der Waals surface area contributed by atoms with Crippen LogP contribution in [-0.4, -0.2) is 29.2 Å². The summed E-state index contributed by atoms with van der Waals surface area (Å²) < 4.78 is 38.2. The first-order valence-electron chi connectivity index (χ1n) is 7.09. The molecule has 0 saturated carbocycles. The van der Waals surface area contributed by atoms with Gasteiger partial charge in [-0.3, -0.25) is 0 Å². The summed E-state index contributed by atoms with van der Waals surface area (Å²) in [6.45, 7) is 2.72. The Labute approximate surface area is 121 Å². The zero-order chi connectivity index (χ0) is 15.5. The van der Waals surface area contributed by atoms with E-state index in [9.17, 15) is 13.2 Å². The molecule has 2 heterocycles. The molecule has 1 aliphatic rings. The molecule has 0 radical (unpaired) electrons. The largest absolute Gasteiger partial charge is 0.391 e. The Morgan fingerprint density at radius 1 is 1.33 bits per heavy atom. The van der Waals surface area contributed by atoms with Crippen molar-refractivity contribution >= 4 is 11.6 Å². The first kappa shape index (κ1) is 15.8. The van der Waals surface area contributed by atoms with Gasteiger partial charge in [-0.25, -0.2) is 15.8 Å². The number of nitrogens with zero attached hydrogens (tertiary/aromatic N) is 3. The number of nitrogens with one attached hydrogen (secondary N) is 1. The van der Waals surface area contributed by atoms with Gasteiger partial charge in [0.15, 0.2) is 0 Å². The quantitative estimate of drug-likeness (QED) is 0.661. The van der Waals surface area contributed by atoms with Crippen LogP contribution in [0.15, 0.2) is 6.33 Å². The highest BCUT2D eigenvalue weighted by Gasteiger charge is 2.41. The second-order valence-corrected chi connectivity index (χ2v) is 5.22. The predicted molar refractivity (Wildman–Crippen MR) is 74.8 cm³/mol. The zero-order valence-electron chi connectivity index (χ0n) is 12.0. The number of anilines is 2. The Bertz CT molecular complexity index is 469. The molecule has 0 unspecified atom stereocenters. The number of hydrazine groups is 1. The van der Waals surface area contributed by atoms with Crippen LogP contribution < -0.4 is 16.2 Å². The van der Waals surface area contributed by atoms with Crippen LogP contribution in [0.1, 0.15) is 31.7 Å². The number of aromatic nitrogens is 2. The number of nitrogens with two attached hydrogens (primary N) is 1. The molecule has 3 N–H and O–H groups in total. The van der Waals surface area contributed by atoms with Crippen LogP contribution in [0.4, 0.5) is 24.8 Å². The summed E-state index contributed by atoms with van der Waals surface area (Å²) in [5, 5.41) is 0. The van der Waals surface area contributed by atoms with Gasteiger partial charge < -0.3 is 10.3 Å². The van der Waals surface area contributed by atoms with Crippen molar-refractivity contribution in [2.75, 3.05) is 23.4 Å². The Balaban J connectivity index is 2.16. The molecule has 1 aromatic rings. The molecule has 0 amide bonds. The molecule has 118 valence electrons. The van der Waals surface area contributed by atoms with Crippen LogP contribution >= 0.6 is 0 Å². The number of halogens is 3.